The predicted octanol–water partition coefficient (Wildman–Crippen LogP) is 4.25. The van der Waals surface area contributed by atoms with E-state index in [1.165, 1.54) is 18.3 Å². The smallest absolute Gasteiger partial charge is 0.360 e. The summed E-state index contributed by atoms with van der Waals surface area (Å²) in [4.78, 5) is 19.1. The SMILES string of the molecule is CCc1cccc2c(C=NNC(=O)Cn3c(C(F)(F)F)nc4ccccc43)c[nH]c12. The molecular formula is C21H18F3N5O. The number of aromatic amines is 1. The number of aryl methyl sites for hydroxylation is 1. The molecule has 0 aliphatic carbocycles. The molecule has 2 aromatic heterocycles. The number of H-pyrrole nitrogens is 1. The molecule has 2 N–H and O–H groups in total. The van der Waals surface area contributed by atoms with Gasteiger partial charge in [0.05, 0.1) is 17.2 Å². The molecular weight excluding hydrogens is 395 g/mol. The lowest BCUT2D eigenvalue weighted by molar-refractivity contribution is -0.147. The van der Waals surface area contributed by atoms with Crippen molar-refractivity contribution in [1.82, 2.24) is 20.0 Å². The molecule has 0 bridgehead atoms. The fourth-order valence-corrected chi connectivity index (χ4v) is 3.44. The van der Waals surface area contributed by atoms with Gasteiger partial charge in [-0.2, -0.15) is 18.3 Å². The maximum atomic E-state index is 13.3. The summed E-state index contributed by atoms with van der Waals surface area (Å²) >= 11 is 0. The topological polar surface area (TPSA) is 75.1 Å². The van der Waals surface area contributed by atoms with Gasteiger partial charge in [-0.05, 0) is 24.1 Å². The minimum atomic E-state index is -4.68. The van der Waals surface area contributed by atoms with Crippen molar-refractivity contribution < 1.29 is 18.0 Å². The van der Waals surface area contributed by atoms with Crippen molar-refractivity contribution in [3.63, 3.8) is 0 Å². The lowest BCUT2D eigenvalue weighted by Gasteiger charge is -2.10. The first-order valence-electron chi connectivity index (χ1n) is 9.32. The van der Waals surface area contributed by atoms with E-state index < -0.39 is 24.5 Å². The molecule has 9 heteroatoms. The number of rotatable bonds is 5. The number of para-hydroxylation sites is 3. The molecule has 30 heavy (non-hydrogen) atoms. The number of carbonyl (C=O) groups is 1. The molecule has 0 saturated heterocycles. The average Bonchev–Trinajstić information content (AvgIpc) is 3.30. The van der Waals surface area contributed by atoms with Gasteiger partial charge in [0.25, 0.3) is 5.91 Å². The van der Waals surface area contributed by atoms with Crippen molar-refractivity contribution in [2.45, 2.75) is 26.1 Å². The first-order valence-corrected chi connectivity index (χ1v) is 9.32. The second kappa shape index (κ2) is 7.66. The number of aromatic nitrogens is 3. The lowest BCUT2D eigenvalue weighted by atomic mass is 10.1. The van der Waals surface area contributed by atoms with E-state index in [1.807, 2.05) is 18.2 Å². The highest BCUT2D eigenvalue weighted by Gasteiger charge is 2.37. The Hall–Kier alpha value is -3.62. The fraction of sp³-hybridized carbons (Fsp3) is 0.190. The highest BCUT2D eigenvalue weighted by atomic mass is 19.4. The van der Waals surface area contributed by atoms with Crippen LogP contribution in [-0.2, 0) is 23.9 Å². The minimum absolute atomic E-state index is 0.173. The van der Waals surface area contributed by atoms with E-state index in [-0.39, 0.29) is 11.0 Å². The first kappa shape index (κ1) is 19.7. The molecule has 2 heterocycles. The monoisotopic (exact) mass is 413 g/mol. The fourth-order valence-electron chi connectivity index (χ4n) is 3.44. The zero-order valence-electron chi connectivity index (χ0n) is 16.0. The van der Waals surface area contributed by atoms with Gasteiger partial charge in [-0.3, -0.25) is 4.79 Å². The summed E-state index contributed by atoms with van der Waals surface area (Å²) in [7, 11) is 0. The Morgan fingerprint density at radius 2 is 2.03 bits per heavy atom. The number of hydrogen-bond acceptors (Lipinski definition) is 3. The van der Waals surface area contributed by atoms with Crippen molar-refractivity contribution in [3.05, 3.63) is 65.6 Å². The number of hydrazone groups is 1. The van der Waals surface area contributed by atoms with Gasteiger partial charge in [0.1, 0.15) is 6.54 Å². The van der Waals surface area contributed by atoms with E-state index >= 15 is 0 Å². The van der Waals surface area contributed by atoms with E-state index in [4.69, 9.17) is 0 Å². The molecule has 6 nitrogen and oxygen atoms in total. The van der Waals surface area contributed by atoms with Gasteiger partial charge in [0, 0.05) is 22.7 Å². The maximum Gasteiger partial charge on any atom is 0.449 e. The molecule has 0 spiro atoms. The number of imidazole rings is 1. The van der Waals surface area contributed by atoms with E-state index in [9.17, 15) is 18.0 Å². The molecule has 154 valence electrons. The van der Waals surface area contributed by atoms with Gasteiger partial charge in [-0.1, -0.05) is 37.3 Å². The summed E-state index contributed by atoms with van der Waals surface area (Å²) in [5.41, 5.74) is 5.62. The Bertz CT molecular complexity index is 1250. The van der Waals surface area contributed by atoms with Crippen LogP contribution in [0.2, 0.25) is 0 Å². The number of nitrogens with zero attached hydrogens (tertiary/aromatic N) is 3. The van der Waals surface area contributed by atoms with E-state index in [1.54, 1.807) is 18.3 Å². The second-order valence-corrected chi connectivity index (χ2v) is 6.74. The predicted molar refractivity (Wildman–Crippen MR) is 108 cm³/mol. The van der Waals surface area contributed by atoms with Gasteiger partial charge < -0.3 is 9.55 Å². The van der Waals surface area contributed by atoms with E-state index in [2.05, 4.69) is 27.4 Å². The standard InChI is InChI=1S/C21H18F3N5O/c1-2-13-6-5-7-15-14(10-25-19(13)15)11-26-28-18(30)12-29-17-9-4-3-8-16(17)27-20(29)21(22,23)24/h3-11,25H,2,12H2,1H3,(H,28,30). The molecule has 0 aliphatic rings. The zero-order valence-corrected chi connectivity index (χ0v) is 16.0. The van der Waals surface area contributed by atoms with Crippen molar-refractivity contribution in [3.8, 4) is 0 Å². The molecule has 0 saturated carbocycles. The molecule has 0 aliphatic heterocycles. The van der Waals surface area contributed by atoms with Gasteiger partial charge >= 0.3 is 6.18 Å². The quantitative estimate of drug-likeness (QED) is 0.379. The Morgan fingerprint density at radius 1 is 1.23 bits per heavy atom. The van der Waals surface area contributed by atoms with Crippen LogP contribution in [-0.4, -0.2) is 26.7 Å². The third-order valence-electron chi connectivity index (χ3n) is 4.82. The minimum Gasteiger partial charge on any atom is -0.360 e. The number of amides is 1. The van der Waals surface area contributed by atoms with Crippen molar-refractivity contribution in [2.75, 3.05) is 0 Å². The number of benzene rings is 2. The van der Waals surface area contributed by atoms with Crippen LogP contribution in [0.25, 0.3) is 21.9 Å². The molecule has 2 aromatic carbocycles. The van der Waals surface area contributed by atoms with Crippen LogP contribution in [0.3, 0.4) is 0 Å². The molecule has 4 rings (SSSR count). The van der Waals surface area contributed by atoms with E-state index in [0.29, 0.717) is 0 Å². The Kier molecular flexibility index (Phi) is 5.03. The lowest BCUT2D eigenvalue weighted by Crippen LogP contribution is -2.26. The zero-order chi connectivity index (χ0) is 21.3. The van der Waals surface area contributed by atoms with Crippen LogP contribution in [0.1, 0.15) is 23.9 Å². The molecule has 1 amide bonds. The van der Waals surface area contributed by atoms with E-state index in [0.717, 1.165) is 33.0 Å². The maximum absolute atomic E-state index is 13.3. The summed E-state index contributed by atoms with van der Waals surface area (Å²) in [5.74, 6) is -1.81. The summed E-state index contributed by atoms with van der Waals surface area (Å²) in [6.07, 6.45) is -0.577. The van der Waals surface area contributed by atoms with Crippen molar-refractivity contribution >= 4 is 34.1 Å². The second-order valence-electron chi connectivity index (χ2n) is 6.74. The van der Waals surface area contributed by atoms with Crippen molar-refractivity contribution in [2.24, 2.45) is 5.10 Å². The van der Waals surface area contributed by atoms with Gasteiger partial charge in [-0.25, -0.2) is 10.4 Å². The van der Waals surface area contributed by atoms with Crippen LogP contribution in [0, 0.1) is 0 Å². The highest BCUT2D eigenvalue weighted by Crippen LogP contribution is 2.31. The third kappa shape index (κ3) is 3.66. The largest absolute Gasteiger partial charge is 0.449 e. The number of fused-ring (bicyclic) bond motifs is 2. The Labute approximate surface area is 169 Å². The number of hydrogen-bond donors (Lipinski definition) is 2. The van der Waals surface area contributed by atoms with Gasteiger partial charge in [0.2, 0.25) is 5.82 Å². The number of alkyl halides is 3. The normalized spacial score (nSPS) is 12.3. The molecule has 0 unspecified atom stereocenters. The molecule has 0 atom stereocenters. The van der Waals surface area contributed by atoms with Crippen LogP contribution in [0.4, 0.5) is 13.2 Å². The number of carbonyl (C=O) groups excluding carboxylic acids is 1. The number of nitrogens with one attached hydrogen (secondary N) is 2. The third-order valence-corrected chi connectivity index (χ3v) is 4.82. The highest BCUT2D eigenvalue weighted by molar-refractivity contribution is 6.00. The van der Waals surface area contributed by atoms with Crippen LogP contribution in [0.15, 0.2) is 53.8 Å². The van der Waals surface area contributed by atoms with Gasteiger partial charge in [0.15, 0.2) is 0 Å². The van der Waals surface area contributed by atoms with Crippen LogP contribution < -0.4 is 5.43 Å². The Balaban J connectivity index is 1.54. The van der Waals surface area contributed by atoms with Crippen LogP contribution in [0.5, 0.6) is 0 Å². The summed E-state index contributed by atoms with van der Waals surface area (Å²) in [6.45, 7) is 1.50. The van der Waals surface area contributed by atoms with Crippen LogP contribution >= 0.6 is 0 Å². The number of halogens is 3. The summed E-state index contributed by atoms with van der Waals surface area (Å²) in [6, 6.07) is 12.0. The van der Waals surface area contributed by atoms with Crippen molar-refractivity contribution in [1.29, 1.82) is 0 Å². The molecule has 0 radical (unpaired) electrons. The molecule has 0 fully saturated rings. The first-order chi connectivity index (χ1) is 14.4. The average molecular weight is 413 g/mol. The van der Waals surface area contributed by atoms with Gasteiger partial charge in [-0.15, -0.1) is 0 Å². The summed E-state index contributed by atoms with van der Waals surface area (Å²) in [5, 5.41) is 4.86. The Morgan fingerprint density at radius 3 is 2.80 bits per heavy atom. The summed E-state index contributed by atoms with van der Waals surface area (Å²) < 4.78 is 40.9. The molecule has 4 aromatic rings.